The minimum atomic E-state index is -0.634. The van der Waals surface area contributed by atoms with Gasteiger partial charge in [-0.25, -0.2) is 0 Å². The van der Waals surface area contributed by atoms with E-state index in [9.17, 15) is 4.79 Å². The van der Waals surface area contributed by atoms with Gasteiger partial charge in [0, 0.05) is 32.6 Å². The summed E-state index contributed by atoms with van der Waals surface area (Å²) in [6.45, 7) is 2.34. The molecule has 0 heterocycles. The highest BCUT2D eigenvalue weighted by Gasteiger charge is 2.20. The first-order valence-electron chi connectivity index (χ1n) is 9.24. The highest BCUT2D eigenvalue weighted by Crippen LogP contribution is 2.35. The van der Waals surface area contributed by atoms with Gasteiger partial charge in [-0.1, -0.05) is 12.1 Å². The zero-order chi connectivity index (χ0) is 21.4. The van der Waals surface area contributed by atoms with Crippen molar-refractivity contribution < 1.29 is 19.0 Å². The van der Waals surface area contributed by atoms with Gasteiger partial charge >= 0.3 is 0 Å². The number of aliphatic imine (C=N–C) groups is 1. The first-order valence-corrected chi connectivity index (χ1v) is 10.0. The Balaban J connectivity index is 2.13. The number of hydrogen-bond acceptors (Lipinski definition) is 6. The van der Waals surface area contributed by atoms with Crippen LogP contribution in [0.4, 0.5) is 5.69 Å². The summed E-state index contributed by atoms with van der Waals surface area (Å²) in [5, 5.41) is 0. The molecule has 2 rings (SSSR count). The molecule has 0 aliphatic heterocycles. The number of nitrogens with zero attached hydrogens (tertiary/aromatic N) is 2. The molecule has 0 aromatic heterocycles. The Morgan fingerprint density at radius 1 is 1.17 bits per heavy atom. The molecule has 0 bridgehead atoms. The smallest absolute Gasteiger partial charge is 0.187 e. The summed E-state index contributed by atoms with van der Waals surface area (Å²) < 4.78 is 17.1. The predicted octanol–water partition coefficient (Wildman–Crippen LogP) is 4.30. The number of ether oxygens (including phenoxy) is 3. The summed E-state index contributed by atoms with van der Waals surface area (Å²) in [5.41, 5.74) is 2.69. The van der Waals surface area contributed by atoms with E-state index in [2.05, 4.69) is 20.9 Å². The SMILES string of the molecule is CCOC(C(=O)CN=Cc1cc(Br)c(OC)c(OC)c1)c1ccc(N(C)C)cc1. The van der Waals surface area contributed by atoms with Crippen molar-refractivity contribution in [1.29, 1.82) is 0 Å². The summed E-state index contributed by atoms with van der Waals surface area (Å²) in [5.74, 6) is 1.10. The quantitative estimate of drug-likeness (QED) is 0.492. The highest BCUT2D eigenvalue weighted by molar-refractivity contribution is 9.10. The maximum absolute atomic E-state index is 12.7. The number of hydrogen-bond donors (Lipinski definition) is 0. The van der Waals surface area contributed by atoms with Crippen molar-refractivity contribution >= 4 is 33.6 Å². The van der Waals surface area contributed by atoms with Crippen LogP contribution in [0, 0.1) is 0 Å². The van der Waals surface area contributed by atoms with Crippen LogP contribution in [-0.2, 0) is 9.53 Å². The van der Waals surface area contributed by atoms with Crippen LogP contribution in [0.3, 0.4) is 0 Å². The third-order valence-corrected chi connectivity index (χ3v) is 4.87. The van der Waals surface area contributed by atoms with Gasteiger partial charge in [0.15, 0.2) is 17.3 Å². The fourth-order valence-corrected chi connectivity index (χ4v) is 3.45. The average Bonchev–Trinajstić information content (AvgIpc) is 2.71. The minimum absolute atomic E-state index is 0.0199. The van der Waals surface area contributed by atoms with E-state index in [4.69, 9.17) is 14.2 Å². The standard InChI is InChI=1S/C22H27BrN2O4/c1-6-29-21(16-7-9-17(10-8-16)25(2)3)19(26)14-24-13-15-11-18(23)22(28-5)20(12-15)27-4/h7-13,21H,6,14H2,1-5H3. The maximum atomic E-state index is 12.7. The second-order valence-corrected chi connectivity index (χ2v) is 7.35. The van der Waals surface area contributed by atoms with Gasteiger partial charge in [-0.2, -0.15) is 0 Å². The molecule has 29 heavy (non-hydrogen) atoms. The fourth-order valence-electron chi connectivity index (χ4n) is 2.83. The molecule has 0 radical (unpaired) electrons. The number of ketones is 1. The molecular formula is C22H27BrN2O4. The van der Waals surface area contributed by atoms with Gasteiger partial charge in [-0.3, -0.25) is 9.79 Å². The Labute approximate surface area is 180 Å². The van der Waals surface area contributed by atoms with Crippen molar-refractivity contribution in [3.05, 3.63) is 52.0 Å². The van der Waals surface area contributed by atoms with Gasteiger partial charge in [-0.15, -0.1) is 0 Å². The van der Waals surface area contributed by atoms with Crippen LogP contribution in [0.1, 0.15) is 24.2 Å². The van der Waals surface area contributed by atoms with Gasteiger partial charge in [0.05, 0.1) is 18.7 Å². The zero-order valence-corrected chi connectivity index (χ0v) is 19.0. The molecule has 0 amide bonds. The summed E-state index contributed by atoms with van der Waals surface area (Å²) in [6.07, 6.45) is 1.01. The molecule has 0 aliphatic rings. The normalized spacial score (nSPS) is 12.1. The van der Waals surface area contributed by atoms with Gasteiger partial charge in [-0.05, 0) is 58.2 Å². The van der Waals surface area contributed by atoms with E-state index in [0.29, 0.717) is 18.1 Å². The fraction of sp³-hybridized carbons (Fsp3) is 0.364. The molecule has 0 fully saturated rings. The lowest BCUT2D eigenvalue weighted by Crippen LogP contribution is -2.19. The first-order chi connectivity index (χ1) is 13.9. The molecule has 0 spiro atoms. The number of carbonyl (C=O) groups is 1. The van der Waals surface area contributed by atoms with Crippen molar-refractivity contribution in [2.75, 3.05) is 46.4 Å². The van der Waals surface area contributed by atoms with Gasteiger partial charge in [0.25, 0.3) is 0 Å². The summed E-state index contributed by atoms with van der Waals surface area (Å²) in [4.78, 5) is 19.0. The summed E-state index contributed by atoms with van der Waals surface area (Å²) in [7, 11) is 7.10. The lowest BCUT2D eigenvalue weighted by atomic mass is 10.0. The summed E-state index contributed by atoms with van der Waals surface area (Å²) in [6, 6.07) is 11.4. The van der Waals surface area contributed by atoms with Crippen LogP contribution in [0.5, 0.6) is 11.5 Å². The molecule has 6 nitrogen and oxygen atoms in total. The van der Waals surface area contributed by atoms with E-state index in [1.54, 1.807) is 26.5 Å². The van der Waals surface area contributed by atoms with Crippen LogP contribution >= 0.6 is 15.9 Å². The van der Waals surface area contributed by atoms with E-state index in [0.717, 1.165) is 21.3 Å². The molecule has 2 aromatic rings. The van der Waals surface area contributed by atoms with Gasteiger partial charge in [0.1, 0.15) is 12.6 Å². The molecule has 1 atom stereocenters. The molecule has 0 N–H and O–H groups in total. The first kappa shape index (κ1) is 22.9. The monoisotopic (exact) mass is 462 g/mol. The number of Topliss-reactive ketones (excluding diaryl/α,β-unsaturated/α-hetero) is 1. The van der Waals surface area contributed by atoms with Crippen molar-refractivity contribution in [2.24, 2.45) is 4.99 Å². The van der Waals surface area contributed by atoms with E-state index >= 15 is 0 Å². The topological polar surface area (TPSA) is 60.4 Å². The van der Waals surface area contributed by atoms with Crippen LogP contribution in [0.15, 0.2) is 45.9 Å². The van der Waals surface area contributed by atoms with E-state index in [1.165, 1.54) is 0 Å². The molecule has 1 unspecified atom stereocenters. The predicted molar refractivity (Wildman–Crippen MR) is 120 cm³/mol. The van der Waals surface area contributed by atoms with Crippen molar-refractivity contribution in [3.63, 3.8) is 0 Å². The molecular weight excluding hydrogens is 436 g/mol. The second-order valence-electron chi connectivity index (χ2n) is 6.50. The molecule has 2 aromatic carbocycles. The molecule has 156 valence electrons. The van der Waals surface area contributed by atoms with E-state index in [1.807, 2.05) is 56.3 Å². The number of carbonyl (C=O) groups excluding carboxylic acids is 1. The Morgan fingerprint density at radius 2 is 1.86 bits per heavy atom. The number of methoxy groups -OCH3 is 2. The number of rotatable bonds is 10. The third-order valence-electron chi connectivity index (χ3n) is 4.28. The van der Waals surface area contributed by atoms with Gasteiger partial charge in [0.2, 0.25) is 0 Å². The minimum Gasteiger partial charge on any atom is -0.493 e. The number of benzene rings is 2. The Hall–Kier alpha value is -2.38. The van der Waals surface area contributed by atoms with Crippen LogP contribution < -0.4 is 14.4 Å². The highest BCUT2D eigenvalue weighted by atomic mass is 79.9. The Bertz CT molecular complexity index is 851. The number of anilines is 1. The average molecular weight is 463 g/mol. The van der Waals surface area contributed by atoms with Crippen LogP contribution in [0.25, 0.3) is 0 Å². The lowest BCUT2D eigenvalue weighted by molar-refractivity contribution is -0.129. The third kappa shape index (κ3) is 6.05. The van der Waals surface area contributed by atoms with Crippen LogP contribution in [-0.4, -0.2) is 53.5 Å². The van der Waals surface area contributed by atoms with Gasteiger partial charge < -0.3 is 19.1 Å². The molecule has 0 aliphatic carbocycles. The maximum Gasteiger partial charge on any atom is 0.187 e. The zero-order valence-electron chi connectivity index (χ0n) is 17.4. The number of halogens is 1. The Kier molecular flexibility index (Phi) is 8.67. The largest absolute Gasteiger partial charge is 0.493 e. The molecule has 7 heteroatoms. The van der Waals surface area contributed by atoms with E-state index < -0.39 is 6.10 Å². The van der Waals surface area contributed by atoms with Crippen molar-refractivity contribution in [2.45, 2.75) is 13.0 Å². The Morgan fingerprint density at radius 3 is 2.41 bits per heavy atom. The second kappa shape index (κ2) is 11.0. The van der Waals surface area contributed by atoms with E-state index in [-0.39, 0.29) is 12.3 Å². The van der Waals surface area contributed by atoms with Crippen LogP contribution in [0.2, 0.25) is 0 Å². The molecule has 0 saturated carbocycles. The molecule has 0 saturated heterocycles. The van der Waals surface area contributed by atoms with Crippen molar-refractivity contribution in [3.8, 4) is 11.5 Å². The van der Waals surface area contributed by atoms with Crippen molar-refractivity contribution in [1.82, 2.24) is 0 Å². The summed E-state index contributed by atoms with van der Waals surface area (Å²) >= 11 is 3.45. The lowest BCUT2D eigenvalue weighted by Gasteiger charge is -2.17.